The molecule has 0 saturated carbocycles. The van der Waals surface area contributed by atoms with Crippen LogP contribution in [0.4, 0.5) is 0 Å². The highest BCUT2D eigenvalue weighted by Gasteiger charge is 2.33. The van der Waals surface area contributed by atoms with Crippen LogP contribution in [0.1, 0.15) is 21.3 Å². The lowest BCUT2D eigenvalue weighted by atomic mass is 10.1. The molecule has 4 nitrogen and oxygen atoms in total. The first-order valence-electron chi connectivity index (χ1n) is 8.84. The Hall–Kier alpha value is -2.66. The van der Waals surface area contributed by atoms with Crippen LogP contribution in [0.2, 0.25) is 0 Å². The molecule has 1 heterocycles. The van der Waals surface area contributed by atoms with Gasteiger partial charge in [-0.15, -0.1) is 11.8 Å². The third kappa shape index (κ3) is 3.35. The van der Waals surface area contributed by atoms with Gasteiger partial charge in [0.05, 0.1) is 14.2 Å². The fraction of sp³-hybridized carbons (Fsp3) is 0.227. The van der Waals surface area contributed by atoms with Gasteiger partial charge in [0, 0.05) is 23.4 Å². The smallest absolute Gasteiger partial charge is 0.255 e. The van der Waals surface area contributed by atoms with Gasteiger partial charge in [-0.05, 0) is 41.1 Å². The van der Waals surface area contributed by atoms with Crippen LogP contribution in [-0.2, 0) is 0 Å². The van der Waals surface area contributed by atoms with Crippen molar-refractivity contribution in [2.45, 2.75) is 5.37 Å². The number of ether oxygens (including phenoxy) is 2. The van der Waals surface area contributed by atoms with Crippen molar-refractivity contribution in [3.8, 4) is 11.5 Å². The van der Waals surface area contributed by atoms with Crippen LogP contribution >= 0.6 is 11.8 Å². The van der Waals surface area contributed by atoms with Crippen LogP contribution < -0.4 is 9.47 Å². The monoisotopic (exact) mass is 379 g/mol. The van der Waals surface area contributed by atoms with Crippen molar-refractivity contribution >= 4 is 28.4 Å². The van der Waals surface area contributed by atoms with Gasteiger partial charge in [-0.2, -0.15) is 0 Å². The predicted octanol–water partition coefficient (Wildman–Crippen LogP) is 4.74. The lowest BCUT2D eigenvalue weighted by Crippen LogP contribution is -2.30. The highest BCUT2D eigenvalue weighted by molar-refractivity contribution is 7.99. The molecule has 0 N–H and O–H groups in total. The van der Waals surface area contributed by atoms with Crippen molar-refractivity contribution in [2.24, 2.45) is 0 Å². The number of amides is 1. The van der Waals surface area contributed by atoms with Gasteiger partial charge >= 0.3 is 0 Å². The van der Waals surface area contributed by atoms with Gasteiger partial charge in [0.2, 0.25) is 0 Å². The minimum absolute atomic E-state index is 0.0422. The minimum Gasteiger partial charge on any atom is -0.497 e. The van der Waals surface area contributed by atoms with Crippen LogP contribution in [0, 0.1) is 0 Å². The lowest BCUT2D eigenvalue weighted by Gasteiger charge is -2.26. The molecule has 5 heteroatoms. The first-order valence-corrected chi connectivity index (χ1v) is 9.89. The first-order chi connectivity index (χ1) is 13.2. The largest absolute Gasteiger partial charge is 0.497 e. The first kappa shape index (κ1) is 17.7. The molecule has 0 aliphatic carbocycles. The molecule has 1 aliphatic heterocycles. The maximum Gasteiger partial charge on any atom is 0.255 e. The van der Waals surface area contributed by atoms with Gasteiger partial charge in [-0.1, -0.05) is 30.3 Å². The standard InChI is InChI=1S/C22H21NO3S/c1-25-18-9-10-20(26-2)19(14-18)22-23(11-12-27-22)21(24)17-8-7-15-5-3-4-6-16(15)13-17/h3-10,13-14,22H,11-12H2,1-2H3/t22-/m0/s1. The number of methoxy groups -OCH3 is 2. The maximum atomic E-state index is 13.3. The quantitative estimate of drug-likeness (QED) is 0.656. The highest BCUT2D eigenvalue weighted by atomic mass is 32.2. The van der Waals surface area contributed by atoms with Crippen LogP contribution in [0.15, 0.2) is 60.7 Å². The van der Waals surface area contributed by atoms with Crippen molar-refractivity contribution in [2.75, 3.05) is 26.5 Å². The number of fused-ring (bicyclic) bond motifs is 1. The Kier molecular flexibility index (Phi) is 4.94. The van der Waals surface area contributed by atoms with Gasteiger partial charge in [0.1, 0.15) is 16.9 Å². The van der Waals surface area contributed by atoms with Gasteiger partial charge in [-0.25, -0.2) is 0 Å². The molecule has 1 atom stereocenters. The number of carbonyl (C=O) groups is 1. The molecule has 1 saturated heterocycles. The molecule has 138 valence electrons. The summed E-state index contributed by atoms with van der Waals surface area (Å²) in [7, 11) is 3.30. The zero-order valence-corrected chi connectivity index (χ0v) is 16.2. The van der Waals surface area contributed by atoms with Crippen LogP contribution in [0.25, 0.3) is 10.8 Å². The molecule has 1 aliphatic rings. The molecule has 1 fully saturated rings. The second-order valence-corrected chi connectivity index (χ2v) is 7.58. The van der Waals surface area contributed by atoms with E-state index in [0.29, 0.717) is 12.1 Å². The van der Waals surface area contributed by atoms with Crippen molar-refractivity contribution < 1.29 is 14.3 Å². The number of thioether (sulfide) groups is 1. The van der Waals surface area contributed by atoms with E-state index in [1.165, 1.54) is 0 Å². The predicted molar refractivity (Wildman–Crippen MR) is 110 cm³/mol. The van der Waals surface area contributed by atoms with E-state index in [9.17, 15) is 4.79 Å². The van der Waals surface area contributed by atoms with Gasteiger partial charge in [0.25, 0.3) is 5.91 Å². The van der Waals surface area contributed by atoms with E-state index in [0.717, 1.165) is 33.6 Å². The van der Waals surface area contributed by atoms with Crippen molar-refractivity contribution in [1.82, 2.24) is 4.90 Å². The zero-order chi connectivity index (χ0) is 18.8. The Bertz CT molecular complexity index is 988. The maximum absolute atomic E-state index is 13.3. The summed E-state index contributed by atoms with van der Waals surface area (Å²) in [4.78, 5) is 15.2. The van der Waals surface area contributed by atoms with E-state index in [-0.39, 0.29) is 11.3 Å². The van der Waals surface area contributed by atoms with Crippen LogP contribution in [0.5, 0.6) is 11.5 Å². The number of nitrogens with zero attached hydrogens (tertiary/aromatic N) is 1. The number of hydrogen-bond donors (Lipinski definition) is 0. The molecule has 0 bridgehead atoms. The summed E-state index contributed by atoms with van der Waals surface area (Å²) in [6, 6.07) is 19.7. The summed E-state index contributed by atoms with van der Waals surface area (Å²) in [6.45, 7) is 0.710. The Morgan fingerprint density at radius 3 is 2.59 bits per heavy atom. The van der Waals surface area contributed by atoms with Gasteiger partial charge < -0.3 is 14.4 Å². The van der Waals surface area contributed by atoms with Crippen molar-refractivity contribution in [1.29, 1.82) is 0 Å². The molecule has 27 heavy (non-hydrogen) atoms. The summed E-state index contributed by atoms with van der Waals surface area (Å²) in [5, 5.41) is 2.12. The summed E-state index contributed by atoms with van der Waals surface area (Å²) < 4.78 is 10.9. The molecule has 0 aromatic heterocycles. The second-order valence-electron chi connectivity index (χ2n) is 6.39. The molecule has 0 radical (unpaired) electrons. The van der Waals surface area contributed by atoms with E-state index >= 15 is 0 Å². The van der Waals surface area contributed by atoms with Crippen LogP contribution in [0.3, 0.4) is 0 Å². The molecule has 4 rings (SSSR count). The Morgan fingerprint density at radius 1 is 1.00 bits per heavy atom. The van der Waals surface area contributed by atoms with Crippen LogP contribution in [-0.4, -0.2) is 37.3 Å². The number of rotatable bonds is 4. The Balaban J connectivity index is 1.69. The third-order valence-corrected chi connectivity index (χ3v) is 6.09. The molecule has 3 aromatic rings. The number of carbonyl (C=O) groups excluding carboxylic acids is 1. The SMILES string of the molecule is COc1ccc(OC)c([C@@H]2SCCN2C(=O)c2ccc3ccccc3c2)c1. The molecule has 0 spiro atoms. The molecular weight excluding hydrogens is 358 g/mol. The molecule has 1 amide bonds. The third-order valence-electron chi connectivity index (χ3n) is 4.85. The van der Waals surface area contributed by atoms with Gasteiger partial charge in [0.15, 0.2) is 0 Å². The van der Waals surface area contributed by atoms with E-state index in [1.807, 2.05) is 59.5 Å². The minimum atomic E-state index is -0.0889. The zero-order valence-electron chi connectivity index (χ0n) is 15.3. The van der Waals surface area contributed by atoms with E-state index in [4.69, 9.17) is 9.47 Å². The molecule has 0 unspecified atom stereocenters. The van der Waals surface area contributed by atoms with Crippen molar-refractivity contribution in [3.63, 3.8) is 0 Å². The topological polar surface area (TPSA) is 38.8 Å². The molecular formula is C22H21NO3S. The average Bonchev–Trinajstić information content (AvgIpc) is 3.22. The fourth-order valence-corrected chi connectivity index (χ4v) is 4.73. The number of hydrogen-bond acceptors (Lipinski definition) is 4. The summed E-state index contributed by atoms with van der Waals surface area (Å²) in [6.07, 6.45) is 0. The average molecular weight is 379 g/mol. The van der Waals surface area contributed by atoms with E-state index < -0.39 is 0 Å². The number of benzene rings is 3. The Labute approximate surface area is 163 Å². The highest BCUT2D eigenvalue weighted by Crippen LogP contribution is 2.43. The summed E-state index contributed by atoms with van der Waals surface area (Å²) >= 11 is 1.75. The van der Waals surface area contributed by atoms with Gasteiger partial charge in [-0.3, -0.25) is 4.79 Å². The fourth-order valence-electron chi connectivity index (χ4n) is 3.46. The normalized spacial score (nSPS) is 16.5. The van der Waals surface area contributed by atoms with E-state index in [2.05, 4.69) is 6.07 Å². The summed E-state index contributed by atoms with van der Waals surface area (Å²) in [5.74, 6) is 2.47. The second kappa shape index (κ2) is 7.53. The Morgan fingerprint density at radius 2 is 1.81 bits per heavy atom. The van der Waals surface area contributed by atoms with Crippen molar-refractivity contribution in [3.05, 3.63) is 71.8 Å². The summed E-state index contributed by atoms with van der Waals surface area (Å²) in [5.41, 5.74) is 1.68. The van der Waals surface area contributed by atoms with E-state index in [1.54, 1.807) is 26.0 Å². The molecule has 3 aromatic carbocycles. The lowest BCUT2D eigenvalue weighted by molar-refractivity contribution is 0.0759.